The van der Waals surface area contributed by atoms with Crippen LogP contribution in [-0.4, -0.2) is 11.1 Å². The van der Waals surface area contributed by atoms with Gasteiger partial charge in [-0.3, -0.25) is 4.79 Å². The van der Waals surface area contributed by atoms with Crippen molar-refractivity contribution in [3.63, 3.8) is 0 Å². The van der Waals surface area contributed by atoms with Gasteiger partial charge in [0.15, 0.2) is 0 Å². The van der Waals surface area contributed by atoms with Crippen LogP contribution < -0.4 is 0 Å². The van der Waals surface area contributed by atoms with Gasteiger partial charge in [0.2, 0.25) is 0 Å². The van der Waals surface area contributed by atoms with Crippen molar-refractivity contribution in [3.05, 3.63) is 11.6 Å². The third-order valence-electron chi connectivity index (χ3n) is 1.72. The molecular weight excluding hydrogens is 166 g/mol. The summed E-state index contributed by atoms with van der Waals surface area (Å²) in [6.07, 6.45) is 2.17. The molecule has 1 atom stereocenters. The number of carboxylic acid groups (broad SMARTS) is 1. The fourth-order valence-corrected chi connectivity index (χ4v) is 1.12. The van der Waals surface area contributed by atoms with Crippen molar-refractivity contribution in [2.75, 3.05) is 0 Å². The largest absolute Gasteiger partial charge is 0.481 e. The van der Waals surface area contributed by atoms with Gasteiger partial charge in [0.05, 0.1) is 12.0 Å². The first-order valence-electron chi connectivity index (χ1n) is 4.37. The number of carbonyl (C=O) groups is 1. The predicted octanol–water partition coefficient (Wildman–Crippen LogP) is 2.20. The Labute approximate surface area is 78.7 Å². The van der Waals surface area contributed by atoms with E-state index in [-0.39, 0.29) is 5.92 Å². The molecule has 0 amide bonds. The van der Waals surface area contributed by atoms with Crippen LogP contribution in [0.5, 0.6) is 0 Å². The van der Waals surface area contributed by atoms with Gasteiger partial charge in [-0.2, -0.15) is 5.26 Å². The van der Waals surface area contributed by atoms with Crippen molar-refractivity contribution in [3.8, 4) is 6.07 Å². The van der Waals surface area contributed by atoms with Crippen molar-refractivity contribution in [1.82, 2.24) is 0 Å². The lowest BCUT2D eigenvalue weighted by Crippen LogP contribution is -2.15. The van der Waals surface area contributed by atoms with E-state index >= 15 is 0 Å². The standard InChI is InChI=1S/C10H15NO2/c1-4-9(10(12)13)8(6-11)5-7(2)3/h5,7,9H,4H2,1-3H3,(H,12,13). The molecule has 13 heavy (non-hydrogen) atoms. The second-order valence-corrected chi connectivity index (χ2v) is 3.28. The molecule has 0 saturated heterocycles. The van der Waals surface area contributed by atoms with E-state index in [1.807, 2.05) is 19.9 Å². The Hall–Kier alpha value is -1.30. The van der Waals surface area contributed by atoms with Crippen LogP contribution in [0.4, 0.5) is 0 Å². The highest BCUT2D eigenvalue weighted by molar-refractivity contribution is 5.74. The molecule has 0 rings (SSSR count). The molecule has 72 valence electrons. The molecule has 1 unspecified atom stereocenters. The van der Waals surface area contributed by atoms with Gasteiger partial charge in [-0.15, -0.1) is 0 Å². The minimum Gasteiger partial charge on any atom is -0.481 e. The summed E-state index contributed by atoms with van der Waals surface area (Å²) < 4.78 is 0. The van der Waals surface area contributed by atoms with E-state index in [1.54, 1.807) is 13.0 Å². The molecule has 1 N–H and O–H groups in total. The summed E-state index contributed by atoms with van der Waals surface area (Å²) in [5.41, 5.74) is 0.366. The van der Waals surface area contributed by atoms with Crippen LogP contribution in [0.15, 0.2) is 11.6 Å². The smallest absolute Gasteiger partial charge is 0.311 e. The Bertz CT molecular complexity index is 248. The Morgan fingerprint density at radius 3 is 2.38 bits per heavy atom. The number of nitrogens with zero attached hydrogens (tertiary/aromatic N) is 1. The van der Waals surface area contributed by atoms with Crippen LogP contribution in [-0.2, 0) is 4.79 Å². The maximum absolute atomic E-state index is 10.7. The van der Waals surface area contributed by atoms with Gasteiger partial charge in [0.25, 0.3) is 0 Å². The van der Waals surface area contributed by atoms with Gasteiger partial charge in [-0.25, -0.2) is 0 Å². The number of allylic oxidation sites excluding steroid dienone is 1. The molecular formula is C10H15NO2. The highest BCUT2D eigenvalue weighted by Gasteiger charge is 2.19. The SMILES string of the molecule is CCC(C(=O)O)C(C#N)=CC(C)C. The Morgan fingerprint density at radius 1 is 1.62 bits per heavy atom. The molecule has 3 nitrogen and oxygen atoms in total. The van der Waals surface area contributed by atoms with Crippen molar-refractivity contribution in [2.45, 2.75) is 27.2 Å². The summed E-state index contributed by atoms with van der Waals surface area (Å²) in [4.78, 5) is 10.7. The molecule has 0 aromatic carbocycles. The lowest BCUT2D eigenvalue weighted by Gasteiger charge is -2.08. The van der Waals surface area contributed by atoms with Crippen molar-refractivity contribution in [2.24, 2.45) is 11.8 Å². The van der Waals surface area contributed by atoms with Crippen LogP contribution in [0.1, 0.15) is 27.2 Å². The second kappa shape index (κ2) is 5.36. The highest BCUT2D eigenvalue weighted by atomic mass is 16.4. The topological polar surface area (TPSA) is 61.1 Å². The summed E-state index contributed by atoms with van der Waals surface area (Å²) in [5, 5.41) is 17.5. The Morgan fingerprint density at radius 2 is 2.15 bits per heavy atom. The molecule has 0 bridgehead atoms. The maximum atomic E-state index is 10.7. The molecule has 0 heterocycles. The average Bonchev–Trinajstić information content (AvgIpc) is 2.02. The zero-order valence-electron chi connectivity index (χ0n) is 8.24. The number of aliphatic carboxylic acids is 1. The molecule has 0 aromatic rings. The van der Waals surface area contributed by atoms with E-state index in [9.17, 15) is 4.79 Å². The van der Waals surface area contributed by atoms with Gasteiger partial charge in [0.1, 0.15) is 0 Å². The van der Waals surface area contributed by atoms with Crippen molar-refractivity contribution < 1.29 is 9.90 Å². The van der Waals surface area contributed by atoms with E-state index in [4.69, 9.17) is 10.4 Å². The van der Waals surface area contributed by atoms with Crippen molar-refractivity contribution in [1.29, 1.82) is 5.26 Å². The minimum absolute atomic E-state index is 0.211. The van der Waals surface area contributed by atoms with Crippen LogP contribution in [0, 0.1) is 23.2 Å². The van der Waals surface area contributed by atoms with Crippen LogP contribution in [0.25, 0.3) is 0 Å². The zero-order chi connectivity index (χ0) is 10.4. The average molecular weight is 181 g/mol. The van der Waals surface area contributed by atoms with Gasteiger partial charge in [-0.1, -0.05) is 26.8 Å². The van der Waals surface area contributed by atoms with Crippen LogP contribution in [0.2, 0.25) is 0 Å². The molecule has 0 radical (unpaired) electrons. The molecule has 0 saturated carbocycles. The van der Waals surface area contributed by atoms with E-state index < -0.39 is 11.9 Å². The molecule has 0 aromatic heterocycles. The van der Waals surface area contributed by atoms with E-state index in [1.165, 1.54) is 0 Å². The Kier molecular flexibility index (Phi) is 4.83. The molecule has 0 aliphatic carbocycles. The number of hydrogen-bond acceptors (Lipinski definition) is 2. The maximum Gasteiger partial charge on any atom is 0.311 e. The lowest BCUT2D eigenvalue weighted by molar-refractivity contribution is -0.140. The first-order chi connectivity index (χ1) is 6.02. The van der Waals surface area contributed by atoms with E-state index in [2.05, 4.69) is 0 Å². The fraction of sp³-hybridized carbons (Fsp3) is 0.600. The van der Waals surface area contributed by atoms with Gasteiger partial charge in [0, 0.05) is 5.57 Å². The predicted molar refractivity (Wildman–Crippen MR) is 50.0 cm³/mol. The molecule has 0 spiro atoms. The number of carboxylic acids is 1. The lowest BCUT2D eigenvalue weighted by atomic mass is 9.95. The normalized spacial score (nSPS) is 13.9. The summed E-state index contributed by atoms with van der Waals surface area (Å²) in [5.74, 6) is -1.36. The monoisotopic (exact) mass is 181 g/mol. The summed E-state index contributed by atoms with van der Waals surface area (Å²) in [7, 11) is 0. The summed E-state index contributed by atoms with van der Waals surface area (Å²) in [6, 6.07) is 1.95. The zero-order valence-corrected chi connectivity index (χ0v) is 8.24. The van der Waals surface area contributed by atoms with Gasteiger partial charge in [-0.05, 0) is 12.3 Å². The number of hydrogen-bond donors (Lipinski definition) is 1. The Balaban J connectivity index is 4.76. The highest BCUT2D eigenvalue weighted by Crippen LogP contribution is 2.16. The molecule has 0 aliphatic rings. The van der Waals surface area contributed by atoms with Gasteiger partial charge >= 0.3 is 5.97 Å². The van der Waals surface area contributed by atoms with Crippen molar-refractivity contribution >= 4 is 5.97 Å². The summed E-state index contributed by atoms with van der Waals surface area (Å²) in [6.45, 7) is 5.61. The third-order valence-corrected chi connectivity index (χ3v) is 1.72. The van der Waals surface area contributed by atoms with Crippen LogP contribution >= 0.6 is 0 Å². The summed E-state index contributed by atoms with van der Waals surface area (Å²) >= 11 is 0. The molecule has 0 aliphatic heterocycles. The molecule has 0 fully saturated rings. The quantitative estimate of drug-likeness (QED) is 0.676. The minimum atomic E-state index is -0.920. The van der Waals surface area contributed by atoms with Gasteiger partial charge < -0.3 is 5.11 Å². The first-order valence-corrected chi connectivity index (χ1v) is 4.37. The second-order valence-electron chi connectivity index (χ2n) is 3.28. The third kappa shape index (κ3) is 3.75. The fourth-order valence-electron chi connectivity index (χ4n) is 1.12. The first kappa shape index (κ1) is 11.7. The van der Waals surface area contributed by atoms with E-state index in [0.29, 0.717) is 12.0 Å². The van der Waals surface area contributed by atoms with E-state index in [0.717, 1.165) is 0 Å². The number of nitriles is 1. The number of rotatable bonds is 4. The van der Waals surface area contributed by atoms with Crippen LogP contribution in [0.3, 0.4) is 0 Å². The molecule has 3 heteroatoms.